The molecule has 21 heavy (non-hydrogen) atoms. The van der Waals surface area contributed by atoms with Crippen molar-refractivity contribution in [3.05, 3.63) is 23.8 Å². The Bertz CT molecular complexity index is 489. The monoisotopic (exact) mass is 294 g/mol. The van der Waals surface area contributed by atoms with Crippen molar-refractivity contribution in [1.82, 2.24) is 5.32 Å². The van der Waals surface area contributed by atoms with E-state index in [2.05, 4.69) is 17.6 Å². The maximum Gasteiger partial charge on any atom is 0.337 e. The minimum Gasteiger partial charge on any atom is -0.497 e. The zero-order valence-corrected chi connectivity index (χ0v) is 12.4. The summed E-state index contributed by atoms with van der Waals surface area (Å²) in [5.74, 6) is -0.617. The van der Waals surface area contributed by atoms with Crippen LogP contribution >= 0.6 is 0 Å². The van der Waals surface area contributed by atoms with Crippen LogP contribution < -0.4 is 15.4 Å². The SMILES string of the molecule is CCCCCCNC(=O)Nc1cc(OC)ccc1C(=O)O. The first-order valence-corrected chi connectivity index (χ1v) is 7.04. The number of carbonyl (C=O) groups is 2. The number of carbonyl (C=O) groups excluding carboxylic acids is 1. The third-order valence-electron chi connectivity index (χ3n) is 3.02. The van der Waals surface area contributed by atoms with Crippen LogP contribution in [-0.4, -0.2) is 30.8 Å². The van der Waals surface area contributed by atoms with E-state index in [0.717, 1.165) is 25.7 Å². The van der Waals surface area contributed by atoms with E-state index >= 15 is 0 Å². The Balaban J connectivity index is 2.59. The minimum atomic E-state index is -1.10. The molecule has 0 atom stereocenters. The summed E-state index contributed by atoms with van der Waals surface area (Å²) in [4.78, 5) is 22.9. The molecule has 0 bridgehead atoms. The number of amides is 2. The molecular formula is C15H22N2O4. The lowest BCUT2D eigenvalue weighted by Gasteiger charge is -2.11. The zero-order valence-electron chi connectivity index (χ0n) is 12.4. The van der Waals surface area contributed by atoms with Crippen LogP contribution in [0.4, 0.5) is 10.5 Å². The van der Waals surface area contributed by atoms with Crippen LogP contribution in [0.2, 0.25) is 0 Å². The second-order valence-electron chi connectivity index (χ2n) is 4.66. The van der Waals surface area contributed by atoms with Gasteiger partial charge in [-0.2, -0.15) is 0 Å². The van der Waals surface area contributed by atoms with Crippen molar-refractivity contribution in [3.8, 4) is 5.75 Å². The average molecular weight is 294 g/mol. The number of rotatable bonds is 8. The van der Waals surface area contributed by atoms with E-state index in [-0.39, 0.29) is 11.3 Å². The van der Waals surface area contributed by atoms with Gasteiger partial charge in [0, 0.05) is 12.6 Å². The highest BCUT2D eigenvalue weighted by Gasteiger charge is 2.13. The highest BCUT2D eigenvalue weighted by atomic mass is 16.5. The van der Waals surface area contributed by atoms with Gasteiger partial charge >= 0.3 is 12.0 Å². The van der Waals surface area contributed by atoms with E-state index < -0.39 is 12.0 Å². The summed E-state index contributed by atoms with van der Waals surface area (Å²) >= 11 is 0. The molecule has 6 heteroatoms. The van der Waals surface area contributed by atoms with Gasteiger partial charge in [-0.1, -0.05) is 26.2 Å². The van der Waals surface area contributed by atoms with Crippen molar-refractivity contribution in [2.24, 2.45) is 0 Å². The second kappa shape index (κ2) is 8.84. The number of carboxylic acids is 1. The lowest BCUT2D eigenvalue weighted by molar-refractivity contribution is 0.0698. The van der Waals surface area contributed by atoms with Crippen molar-refractivity contribution in [2.75, 3.05) is 19.0 Å². The van der Waals surface area contributed by atoms with Gasteiger partial charge in [-0.15, -0.1) is 0 Å². The molecule has 116 valence electrons. The molecule has 1 rings (SSSR count). The molecule has 0 aliphatic carbocycles. The quantitative estimate of drug-likeness (QED) is 0.643. The summed E-state index contributed by atoms with van der Waals surface area (Å²) in [6, 6.07) is 4.01. The topological polar surface area (TPSA) is 87.7 Å². The van der Waals surface area contributed by atoms with Crippen LogP contribution in [0.15, 0.2) is 18.2 Å². The van der Waals surface area contributed by atoms with Gasteiger partial charge in [0.25, 0.3) is 0 Å². The Kier molecular flexibility index (Phi) is 7.08. The van der Waals surface area contributed by atoms with Crippen LogP contribution in [0, 0.1) is 0 Å². The Morgan fingerprint density at radius 3 is 2.62 bits per heavy atom. The number of anilines is 1. The molecule has 0 aliphatic rings. The Hall–Kier alpha value is -2.24. The molecule has 0 unspecified atom stereocenters. The molecule has 0 aromatic heterocycles. The molecule has 0 fully saturated rings. The van der Waals surface area contributed by atoms with Crippen LogP contribution in [0.25, 0.3) is 0 Å². The number of ether oxygens (including phenoxy) is 1. The van der Waals surface area contributed by atoms with Crippen LogP contribution in [0.3, 0.4) is 0 Å². The van der Waals surface area contributed by atoms with E-state index in [1.54, 1.807) is 0 Å². The number of methoxy groups -OCH3 is 1. The number of unbranched alkanes of at least 4 members (excludes halogenated alkanes) is 3. The van der Waals surface area contributed by atoms with Crippen LogP contribution in [0.1, 0.15) is 43.0 Å². The fourth-order valence-corrected chi connectivity index (χ4v) is 1.86. The van der Waals surface area contributed by atoms with Gasteiger partial charge in [0.05, 0.1) is 18.4 Å². The zero-order chi connectivity index (χ0) is 15.7. The summed E-state index contributed by atoms with van der Waals surface area (Å²) in [5, 5.41) is 14.4. The third kappa shape index (κ3) is 5.72. The van der Waals surface area contributed by atoms with Crippen molar-refractivity contribution in [3.63, 3.8) is 0 Å². The van der Waals surface area contributed by atoms with E-state index in [4.69, 9.17) is 9.84 Å². The molecule has 1 aromatic rings. The van der Waals surface area contributed by atoms with Crippen molar-refractivity contribution in [1.29, 1.82) is 0 Å². The Morgan fingerprint density at radius 2 is 2.00 bits per heavy atom. The average Bonchev–Trinajstić information content (AvgIpc) is 2.46. The Labute approximate surface area is 124 Å². The molecule has 3 N–H and O–H groups in total. The number of aromatic carboxylic acids is 1. The highest BCUT2D eigenvalue weighted by Crippen LogP contribution is 2.22. The fourth-order valence-electron chi connectivity index (χ4n) is 1.86. The van der Waals surface area contributed by atoms with Gasteiger partial charge in [-0.05, 0) is 18.6 Å². The van der Waals surface area contributed by atoms with Gasteiger partial charge in [0.1, 0.15) is 5.75 Å². The van der Waals surface area contributed by atoms with Crippen LogP contribution in [0.5, 0.6) is 5.75 Å². The summed E-state index contributed by atoms with van der Waals surface area (Å²) in [5.41, 5.74) is 0.241. The number of benzene rings is 1. The smallest absolute Gasteiger partial charge is 0.337 e. The summed E-state index contributed by atoms with van der Waals surface area (Å²) < 4.78 is 5.03. The van der Waals surface area contributed by atoms with Gasteiger partial charge < -0.3 is 20.5 Å². The van der Waals surface area contributed by atoms with Crippen LogP contribution in [-0.2, 0) is 0 Å². The molecule has 0 saturated carbocycles. The summed E-state index contributed by atoms with van der Waals surface area (Å²) in [6.45, 7) is 2.69. The molecule has 0 radical (unpaired) electrons. The fraction of sp³-hybridized carbons (Fsp3) is 0.467. The normalized spacial score (nSPS) is 10.0. The number of hydrogen-bond donors (Lipinski definition) is 3. The van der Waals surface area contributed by atoms with Gasteiger partial charge in [0.15, 0.2) is 0 Å². The largest absolute Gasteiger partial charge is 0.497 e. The van der Waals surface area contributed by atoms with E-state index in [1.807, 2.05) is 0 Å². The number of carboxylic acid groups (broad SMARTS) is 1. The molecule has 0 saturated heterocycles. The Morgan fingerprint density at radius 1 is 1.24 bits per heavy atom. The number of hydrogen-bond acceptors (Lipinski definition) is 3. The van der Waals surface area contributed by atoms with Crippen molar-refractivity contribution >= 4 is 17.7 Å². The lowest BCUT2D eigenvalue weighted by atomic mass is 10.1. The van der Waals surface area contributed by atoms with Gasteiger partial charge in [0.2, 0.25) is 0 Å². The van der Waals surface area contributed by atoms with Gasteiger partial charge in [-0.3, -0.25) is 0 Å². The maximum absolute atomic E-state index is 11.8. The molecule has 1 aromatic carbocycles. The minimum absolute atomic E-state index is 0.0249. The third-order valence-corrected chi connectivity index (χ3v) is 3.02. The maximum atomic E-state index is 11.8. The summed E-state index contributed by atoms with van der Waals surface area (Å²) in [7, 11) is 1.48. The molecular weight excluding hydrogens is 272 g/mol. The molecule has 0 heterocycles. The molecule has 6 nitrogen and oxygen atoms in total. The van der Waals surface area contributed by atoms with E-state index in [1.165, 1.54) is 25.3 Å². The first kappa shape index (κ1) is 16.8. The molecule has 0 spiro atoms. The first-order valence-electron chi connectivity index (χ1n) is 7.04. The molecule has 0 aliphatic heterocycles. The van der Waals surface area contributed by atoms with Crippen molar-refractivity contribution in [2.45, 2.75) is 32.6 Å². The van der Waals surface area contributed by atoms with Crippen molar-refractivity contribution < 1.29 is 19.4 Å². The number of urea groups is 1. The van der Waals surface area contributed by atoms with Gasteiger partial charge in [-0.25, -0.2) is 9.59 Å². The summed E-state index contributed by atoms with van der Waals surface area (Å²) in [6.07, 6.45) is 4.25. The van der Waals surface area contributed by atoms with E-state index in [0.29, 0.717) is 12.3 Å². The predicted octanol–water partition coefficient (Wildman–Crippen LogP) is 3.10. The van der Waals surface area contributed by atoms with E-state index in [9.17, 15) is 9.59 Å². The number of nitrogens with one attached hydrogen (secondary N) is 2. The molecule has 2 amide bonds. The lowest BCUT2D eigenvalue weighted by Crippen LogP contribution is -2.30. The second-order valence-corrected chi connectivity index (χ2v) is 4.66. The first-order chi connectivity index (χ1) is 10.1. The standard InChI is InChI=1S/C15H22N2O4/c1-3-4-5-6-9-16-15(20)17-13-10-11(21-2)7-8-12(13)14(18)19/h7-8,10H,3-6,9H2,1-2H3,(H,18,19)(H2,16,17,20). The highest BCUT2D eigenvalue weighted by molar-refractivity contribution is 6.00. The predicted molar refractivity (Wildman–Crippen MR) is 81.1 cm³/mol.